The SMILES string of the molecule is CCNCc1ccc(N(C)c2cc(C)cc(C)c2)cc1. The molecule has 1 N–H and O–H groups in total. The fourth-order valence-electron chi connectivity index (χ4n) is 2.40. The lowest BCUT2D eigenvalue weighted by molar-refractivity contribution is 0.727. The fourth-order valence-corrected chi connectivity index (χ4v) is 2.40. The number of rotatable bonds is 5. The van der Waals surface area contributed by atoms with E-state index in [1.54, 1.807) is 0 Å². The van der Waals surface area contributed by atoms with Gasteiger partial charge in [0.2, 0.25) is 0 Å². The molecule has 0 aliphatic rings. The van der Waals surface area contributed by atoms with Crippen LogP contribution in [0.3, 0.4) is 0 Å². The quantitative estimate of drug-likeness (QED) is 0.875. The van der Waals surface area contributed by atoms with Crippen molar-refractivity contribution in [3.63, 3.8) is 0 Å². The number of nitrogens with zero attached hydrogens (tertiary/aromatic N) is 1. The molecule has 2 heteroatoms. The molecule has 2 aromatic rings. The average molecular weight is 268 g/mol. The molecule has 0 amide bonds. The Balaban J connectivity index is 2.17. The molecule has 2 aromatic carbocycles. The van der Waals surface area contributed by atoms with Gasteiger partial charge in [-0.3, -0.25) is 0 Å². The highest BCUT2D eigenvalue weighted by molar-refractivity contribution is 5.64. The van der Waals surface area contributed by atoms with Crippen molar-refractivity contribution >= 4 is 11.4 Å². The van der Waals surface area contributed by atoms with Gasteiger partial charge in [0.1, 0.15) is 0 Å². The van der Waals surface area contributed by atoms with Crippen molar-refractivity contribution in [3.8, 4) is 0 Å². The van der Waals surface area contributed by atoms with Crippen LogP contribution in [-0.2, 0) is 6.54 Å². The zero-order valence-electron chi connectivity index (χ0n) is 12.9. The minimum absolute atomic E-state index is 0.935. The second kappa shape index (κ2) is 6.58. The van der Waals surface area contributed by atoms with Gasteiger partial charge in [0.15, 0.2) is 0 Å². The molecule has 0 atom stereocenters. The number of benzene rings is 2. The van der Waals surface area contributed by atoms with Crippen molar-refractivity contribution in [2.24, 2.45) is 0 Å². The maximum atomic E-state index is 3.35. The molecule has 0 aromatic heterocycles. The zero-order chi connectivity index (χ0) is 14.5. The van der Waals surface area contributed by atoms with Gasteiger partial charge in [-0.25, -0.2) is 0 Å². The molecular formula is C18H24N2. The van der Waals surface area contributed by atoms with Gasteiger partial charge in [0.05, 0.1) is 0 Å². The van der Waals surface area contributed by atoms with Crippen LogP contribution in [0.5, 0.6) is 0 Å². The molecular weight excluding hydrogens is 244 g/mol. The normalized spacial score (nSPS) is 10.6. The maximum absolute atomic E-state index is 3.35. The summed E-state index contributed by atoms with van der Waals surface area (Å²) >= 11 is 0. The lowest BCUT2D eigenvalue weighted by Gasteiger charge is -2.21. The Kier molecular flexibility index (Phi) is 4.80. The van der Waals surface area contributed by atoms with Crippen molar-refractivity contribution in [2.45, 2.75) is 27.3 Å². The highest BCUT2D eigenvalue weighted by Gasteiger charge is 2.05. The van der Waals surface area contributed by atoms with Gasteiger partial charge in [-0.15, -0.1) is 0 Å². The van der Waals surface area contributed by atoms with Gasteiger partial charge < -0.3 is 10.2 Å². The van der Waals surface area contributed by atoms with E-state index in [2.05, 4.69) is 80.5 Å². The Morgan fingerprint density at radius 3 is 2.05 bits per heavy atom. The summed E-state index contributed by atoms with van der Waals surface area (Å²) in [6.45, 7) is 8.35. The highest BCUT2D eigenvalue weighted by atomic mass is 15.1. The molecule has 20 heavy (non-hydrogen) atoms. The van der Waals surface area contributed by atoms with Crippen LogP contribution >= 0.6 is 0 Å². The van der Waals surface area contributed by atoms with Gasteiger partial charge in [-0.05, 0) is 61.3 Å². The third kappa shape index (κ3) is 3.61. The zero-order valence-corrected chi connectivity index (χ0v) is 12.9. The molecule has 0 saturated carbocycles. The van der Waals surface area contributed by atoms with E-state index in [-0.39, 0.29) is 0 Å². The van der Waals surface area contributed by atoms with Crippen molar-refractivity contribution < 1.29 is 0 Å². The summed E-state index contributed by atoms with van der Waals surface area (Å²) in [5, 5.41) is 3.35. The summed E-state index contributed by atoms with van der Waals surface area (Å²) in [4.78, 5) is 2.23. The first-order valence-corrected chi connectivity index (χ1v) is 7.22. The van der Waals surface area contributed by atoms with Crippen LogP contribution in [0.15, 0.2) is 42.5 Å². The van der Waals surface area contributed by atoms with Crippen LogP contribution in [0, 0.1) is 13.8 Å². The predicted molar refractivity (Wildman–Crippen MR) is 87.8 cm³/mol. The lowest BCUT2D eigenvalue weighted by Crippen LogP contribution is -2.12. The number of nitrogens with one attached hydrogen (secondary N) is 1. The molecule has 0 radical (unpaired) electrons. The van der Waals surface area contributed by atoms with Crippen LogP contribution < -0.4 is 10.2 Å². The van der Waals surface area contributed by atoms with E-state index in [0.717, 1.165) is 13.1 Å². The summed E-state index contributed by atoms with van der Waals surface area (Å²) in [6.07, 6.45) is 0. The summed E-state index contributed by atoms with van der Waals surface area (Å²) < 4.78 is 0. The second-order valence-electron chi connectivity index (χ2n) is 5.35. The Labute approximate surface area is 122 Å². The molecule has 2 nitrogen and oxygen atoms in total. The minimum atomic E-state index is 0.935. The first kappa shape index (κ1) is 14.6. The Morgan fingerprint density at radius 1 is 0.900 bits per heavy atom. The number of aryl methyl sites for hydroxylation is 2. The van der Waals surface area contributed by atoms with Crippen molar-refractivity contribution in [2.75, 3.05) is 18.5 Å². The lowest BCUT2D eigenvalue weighted by atomic mass is 10.1. The van der Waals surface area contributed by atoms with Crippen molar-refractivity contribution in [1.29, 1.82) is 0 Å². The topological polar surface area (TPSA) is 15.3 Å². The number of anilines is 2. The molecule has 0 heterocycles. The second-order valence-corrected chi connectivity index (χ2v) is 5.35. The number of hydrogen-bond acceptors (Lipinski definition) is 2. The Morgan fingerprint density at radius 2 is 1.50 bits per heavy atom. The van der Waals surface area contributed by atoms with Crippen LogP contribution in [-0.4, -0.2) is 13.6 Å². The smallest absolute Gasteiger partial charge is 0.0413 e. The highest BCUT2D eigenvalue weighted by Crippen LogP contribution is 2.25. The Hall–Kier alpha value is -1.80. The fraction of sp³-hybridized carbons (Fsp3) is 0.333. The molecule has 2 rings (SSSR count). The van der Waals surface area contributed by atoms with E-state index in [1.165, 1.54) is 28.1 Å². The van der Waals surface area contributed by atoms with Gasteiger partial charge in [0, 0.05) is 25.0 Å². The van der Waals surface area contributed by atoms with Crippen LogP contribution in [0.25, 0.3) is 0 Å². The van der Waals surface area contributed by atoms with Gasteiger partial charge in [0.25, 0.3) is 0 Å². The molecule has 0 spiro atoms. The standard InChI is InChI=1S/C18H24N2/c1-5-19-13-16-6-8-17(9-7-16)20(4)18-11-14(2)10-15(3)12-18/h6-12,19H,5,13H2,1-4H3. The van der Waals surface area contributed by atoms with E-state index < -0.39 is 0 Å². The van der Waals surface area contributed by atoms with Gasteiger partial charge in [-0.1, -0.05) is 25.1 Å². The molecule has 0 aliphatic carbocycles. The maximum Gasteiger partial charge on any atom is 0.0413 e. The van der Waals surface area contributed by atoms with E-state index in [1.807, 2.05) is 0 Å². The molecule has 0 aliphatic heterocycles. The summed E-state index contributed by atoms with van der Waals surface area (Å²) in [7, 11) is 2.12. The summed E-state index contributed by atoms with van der Waals surface area (Å²) in [5.41, 5.74) is 6.38. The van der Waals surface area contributed by atoms with Crippen LogP contribution in [0.4, 0.5) is 11.4 Å². The van der Waals surface area contributed by atoms with Crippen molar-refractivity contribution in [1.82, 2.24) is 5.32 Å². The largest absolute Gasteiger partial charge is 0.345 e. The monoisotopic (exact) mass is 268 g/mol. The van der Waals surface area contributed by atoms with Gasteiger partial charge in [-0.2, -0.15) is 0 Å². The van der Waals surface area contributed by atoms with E-state index >= 15 is 0 Å². The molecule has 0 bridgehead atoms. The molecule has 106 valence electrons. The molecule has 0 fully saturated rings. The van der Waals surface area contributed by atoms with E-state index in [9.17, 15) is 0 Å². The van der Waals surface area contributed by atoms with Gasteiger partial charge >= 0.3 is 0 Å². The molecule has 0 saturated heterocycles. The summed E-state index contributed by atoms with van der Waals surface area (Å²) in [6, 6.07) is 15.4. The van der Waals surface area contributed by atoms with E-state index in [4.69, 9.17) is 0 Å². The summed E-state index contributed by atoms with van der Waals surface area (Å²) in [5.74, 6) is 0. The third-order valence-corrected chi connectivity index (χ3v) is 3.50. The average Bonchev–Trinajstić information content (AvgIpc) is 2.44. The van der Waals surface area contributed by atoms with Crippen LogP contribution in [0.2, 0.25) is 0 Å². The third-order valence-electron chi connectivity index (χ3n) is 3.50. The van der Waals surface area contributed by atoms with E-state index in [0.29, 0.717) is 0 Å². The Bertz CT molecular complexity index is 538. The van der Waals surface area contributed by atoms with Crippen molar-refractivity contribution in [3.05, 3.63) is 59.2 Å². The first-order chi connectivity index (χ1) is 9.60. The molecule has 0 unspecified atom stereocenters. The first-order valence-electron chi connectivity index (χ1n) is 7.22. The predicted octanol–water partition coefficient (Wildman–Crippen LogP) is 4.18. The number of hydrogen-bond donors (Lipinski definition) is 1. The van der Waals surface area contributed by atoms with Crippen LogP contribution in [0.1, 0.15) is 23.6 Å². The minimum Gasteiger partial charge on any atom is -0.345 e.